The van der Waals surface area contributed by atoms with Crippen LogP contribution in [0.15, 0.2) is 24.3 Å². The summed E-state index contributed by atoms with van der Waals surface area (Å²) < 4.78 is 12.8. The molecule has 1 heterocycles. The van der Waals surface area contributed by atoms with Gasteiger partial charge in [0.15, 0.2) is 5.13 Å². The molecule has 0 atom stereocenters. The minimum Gasteiger partial charge on any atom is -0.477 e. The maximum Gasteiger partial charge on any atom is 0.348 e. The molecule has 0 fully saturated rings. The van der Waals surface area contributed by atoms with Crippen LogP contribution in [0.3, 0.4) is 0 Å². The summed E-state index contributed by atoms with van der Waals surface area (Å²) in [5.74, 6) is -1.52. The highest BCUT2D eigenvalue weighted by Crippen LogP contribution is 2.31. The molecular weight excluding hydrogens is 270 g/mol. The van der Waals surface area contributed by atoms with Gasteiger partial charge in [-0.05, 0) is 24.3 Å². The number of aromatic carboxylic acids is 1. The van der Waals surface area contributed by atoms with Crippen LogP contribution in [0.4, 0.5) is 9.52 Å². The Kier molecular flexibility index (Phi) is 3.91. The molecule has 5 nitrogen and oxygen atoms in total. The molecule has 0 saturated carbocycles. The first-order valence-corrected chi connectivity index (χ1v) is 6.11. The van der Waals surface area contributed by atoms with Gasteiger partial charge in [0.25, 0.3) is 0 Å². The number of rotatable bonds is 5. The third-order valence-corrected chi connectivity index (χ3v) is 3.28. The van der Waals surface area contributed by atoms with E-state index in [1.165, 1.54) is 24.3 Å². The smallest absolute Gasteiger partial charge is 0.348 e. The predicted molar refractivity (Wildman–Crippen MR) is 72.0 cm³/mol. The lowest BCUT2D eigenvalue weighted by Crippen LogP contribution is -2.06. The van der Waals surface area contributed by atoms with E-state index in [0.717, 1.165) is 11.3 Å². The van der Waals surface area contributed by atoms with Gasteiger partial charge < -0.3 is 15.1 Å². The number of carbonyl (C=O) groups excluding carboxylic acids is 1. The van der Waals surface area contributed by atoms with Crippen molar-refractivity contribution < 1.29 is 19.1 Å². The zero-order valence-corrected chi connectivity index (χ0v) is 10.4. The highest BCUT2D eigenvalue weighted by Gasteiger charge is 2.18. The molecule has 0 radical (unpaired) electrons. The second-order valence-corrected chi connectivity index (χ2v) is 4.56. The molecule has 96 valence electrons. The molecule has 1 aromatic carbocycles. The average Bonchev–Trinajstić information content (AvgIpc) is 2.81. The molecule has 1 aromatic heterocycles. The number of aromatic nitrogens is 1. The van der Waals surface area contributed by atoms with Gasteiger partial charge in [0.2, 0.25) is 0 Å². The average molecular weight is 278 g/mol. The minimum atomic E-state index is -1.11. The summed E-state index contributed by atoms with van der Waals surface area (Å²) in [4.78, 5) is 25.6. The van der Waals surface area contributed by atoms with Gasteiger partial charge in [0.1, 0.15) is 16.9 Å². The molecule has 0 aliphatic carbocycles. The molecule has 2 aromatic rings. The Bertz CT molecular complexity index is 615. The molecular formula is C11H8BFN2O3S. The van der Waals surface area contributed by atoms with Gasteiger partial charge in [0, 0.05) is 5.56 Å². The molecule has 0 spiro atoms. The van der Waals surface area contributed by atoms with Crippen molar-refractivity contribution in [2.45, 2.75) is 0 Å². The summed E-state index contributed by atoms with van der Waals surface area (Å²) >= 11 is 0.932. The molecule has 8 heteroatoms. The van der Waals surface area contributed by atoms with Crippen LogP contribution in [0, 0.1) is 5.82 Å². The van der Waals surface area contributed by atoms with Gasteiger partial charge in [-0.1, -0.05) is 11.3 Å². The second kappa shape index (κ2) is 5.62. The summed E-state index contributed by atoms with van der Waals surface area (Å²) in [6.45, 7) is 0. The number of halogens is 1. The molecule has 0 amide bonds. The number of nitrogens with zero attached hydrogens (tertiary/aromatic N) is 1. The van der Waals surface area contributed by atoms with E-state index in [9.17, 15) is 14.0 Å². The first-order valence-electron chi connectivity index (χ1n) is 5.29. The van der Waals surface area contributed by atoms with Crippen molar-refractivity contribution in [2.75, 3.05) is 5.23 Å². The van der Waals surface area contributed by atoms with Crippen LogP contribution >= 0.6 is 11.3 Å². The Morgan fingerprint density at radius 3 is 2.68 bits per heavy atom. The van der Waals surface area contributed by atoms with Crippen LogP contribution in [0.5, 0.6) is 0 Å². The Hall–Kier alpha value is -2.22. The van der Waals surface area contributed by atoms with Crippen LogP contribution in [0.1, 0.15) is 9.67 Å². The third kappa shape index (κ3) is 2.97. The molecule has 2 rings (SSSR count). The Labute approximate surface area is 112 Å². The van der Waals surface area contributed by atoms with Gasteiger partial charge in [-0.25, -0.2) is 14.2 Å². The van der Waals surface area contributed by atoms with Gasteiger partial charge in [0.05, 0.1) is 5.69 Å². The Morgan fingerprint density at radius 2 is 2.11 bits per heavy atom. The summed E-state index contributed by atoms with van der Waals surface area (Å²) in [5, 5.41) is 12.1. The SMILES string of the molecule is O=CBNc1nc(-c2ccc(F)cc2)c(C(=O)O)s1. The van der Waals surface area contributed by atoms with E-state index < -0.39 is 11.8 Å². The fourth-order valence-corrected chi connectivity index (χ4v) is 2.31. The normalized spacial score (nSPS) is 9.95. The number of hydrogen-bond donors (Lipinski definition) is 2. The second-order valence-electron chi connectivity index (χ2n) is 3.56. The number of carbonyl (C=O) groups is 2. The quantitative estimate of drug-likeness (QED) is 0.641. The highest BCUT2D eigenvalue weighted by atomic mass is 32.1. The number of thiazole rings is 1. The maximum atomic E-state index is 12.8. The van der Waals surface area contributed by atoms with Crippen LogP contribution in [0.2, 0.25) is 0 Å². The summed E-state index contributed by atoms with van der Waals surface area (Å²) in [6.07, 6.45) is 0.652. The van der Waals surface area contributed by atoms with E-state index in [4.69, 9.17) is 5.11 Å². The maximum absolute atomic E-state index is 12.8. The molecule has 0 aliphatic rings. The van der Waals surface area contributed by atoms with Crippen LogP contribution in [-0.4, -0.2) is 29.7 Å². The van der Waals surface area contributed by atoms with E-state index in [2.05, 4.69) is 10.2 Å². The number of benzene rings is 1. The summed E-state index contributed by atoms with van der Waals surface area (Å²) in [6, 6.07) is 5.39. The van der Waals surface area contributed by atoms with E-state index in [-0.39, 0.29) is 18.0 Å². The lowest BCUT2D eigenvalue weighted by Gasteiger charge is -1.98. The van der Waals surface area contributed by atoms with Gasteiger partial charge in [-0.2, -0.15) is 0 Å². The zero-order chi connectivity index (χ0) is 13.8. The van der Waals surface area contributed by atoms with Crippen molar-refractivity contribution in [2.24, 2.45) is 0 Å². The lowest BCUT2D eigenvalue weighted by atomic mass is 10.0. The van der Waals surface area contributed by atoms with Gasteiger partial charge in [-0.15, -0.1) is 0 Å². The summed E-state index contributed by atoms with van der Waals surface area (Å²) in [7, 11) is 0.0510. The van der Waals surface area contributed by atoms with Crippen molar-refractivity contribution >= 4 is 36.0 Å². The fourth-order valence-electron chi connectivity index (χ4n) is 1.47. The van der Waals surface area contributed by atoms with E-state index >= 15 is 0 Å². The Balaban J connectivity index is 2.42. The van der Waals surface area contributed by atoms with Crippen molar-refractivity contribution in [1.29, 1.82) is 0 Å². The lowest BCUT2D eigenvalue weighted by molar-refractivity contribution is 0.0702. The number of anilines is 1. The summed E-state index contributed by atoms with van der Waals surface area (Å²) in [5.41, 5.74) is 0.764. The highest BCUT2D eigenvalue weighted by molar-refractivity contribution is 7.18. The van der Waals surface area contributed by atoms with Gasteiger partial charge >= 0.3 is 13.4 Å². The van der Waals surface area contributed by atoms with E-state index in [0.29, 0.717) is 16.9 Å². The molecule has 0 aliphatic heterocycles. The largest absolute Gasteiger partial charge is 0.477 e. The molecule has 19 heavy (non-hydrogen) atoms. The topological polar surface area (TPSA) is 79.3 Å². The zero-order valence-electron chi connectivity index (χ0n) is 9.59. The number of carboxylic acids is 1. The minimum absolute atomic E-state index is 0.0417. The van der Waals surface area contributed by atoms with Crippen LogP contribution in [-0.2, 0) is 4.79 Å². The first kappa shape index (κ1) is 13.2. The van der Waals surface area contributed by atoms with E-state index in [1.54, 1.807) is 0 Å². The van der Waals surface area contributed by atoms with Crippen LogP contribution in [0.25, 0.3) is 11.3 Å². The van der Waals surface area contributed by atoms with E-state index in [1.807, 2.05) is 0 Å². The predicted octanol–water partition coefficient (Wildman–Crippen LogP) is 1.60. The Morgan fingerprint density at radius 1 is 1.42 bits per heavy atom. The molecule has 0 bridgehead atoms. The van der Waals surface area contributed by atoms with Crippen molar-refractivity contribution in [3.63, 3.8) is 0 Å². The molecule has 0 saturated heterocycles. The number of carboxylic acid groups (broad SMARTS) is 1. The standard InChI is InChI=1S/C11H8BFN2O3S/c13-7-3-1-6(2-4-7)8-9(10(17)18)19-11(14-8)15-12-5-16/h1-5,12H,(H,14,15)(H,17,18). The van der Waals surface area contributed by atoms with Crippen LogP contribution < -0.4 is 5.23 Å². The number of hydrogen-bond acceptors (Lipinski definition) is 5. The monoisotopic (exact) mass is 278 g/mol. The number of nitrogens with one attached hydrogen (secondary N) is 1. The van der Waals surface area contributed by atoms with Gasteiger partial charge in [-0.3, -0.25) is 0 Å². The van der Waals surface area contributed by atoms with Crippen molar-refractivity contribution in [3.05, 3.63) is 35.0 Å². The first-order chi connectivity index (χ1) is 9.11. The molecule has 2 N–H and O–H groups in total. The van der Waals surface area contributed by atoms with Crippen molar-refractivity contribution in [1.82, 2.24) is 4.98 Å². The fraction of sp³-hybridized carbons (Fsp3) is 0. The molecule has 0 unspecified atom stereocenters. The third-order valence-electron chi connectivity index (χ3n) is 2.28. The van der Waals surface area contributed by atoms with Crippen molar-refractivity contribution in [3.8, 4) is 11.3 Å².